The van der Waals surface area contributed by atoms with Gasteiger partial charge < -0.3 is 4.43 Å². The normalized spacial score (nSPS) is 13.5. The minimum absolute atomic E-state index is 0.00345. The summed E-state index contributed by atoms with van der Waals surface area (Å²) in [6.45, 7) is 13.3. The minimum Gasteiger partial charge on any atom is -0.401 e. The van der Waals surface area contributed by atoms with Gasteiger partial charge in [0.2, 0.25) is 0 Å². The molecule has 0 aromatic heterocycles. The molecule has 2 aromatic rings. The van der Waals surface area contributed by atoms with E-state index in [2.05, 4.69) is 107 Å². The van der Waals surface area contributed by atoms with Crippen LogP contribution in [0.25, 0.3) is 0 Å². The summed E-state index contributed by atoms with van der Waals surface area (Å²) in [5.74, 6) is 0. The Balaban J connectivity index is 2.38. The monoisotopic (exact) mass is 406 g/mol. The molecule has 29 heavy (non-hydrogen) atoms. The zero-order chi connectivity index (χ0) is 21.2. The van der Waals surface area contributed by atoms with Crippen LogP contribution in [0.4, 0.5) is 0 Å². The molecule has 0 amide bonds. The van der Waals surface area contributed by atoms with Crippen molar-refractivity contribution >= 4 is 18.7 Å². The summed E-state index contributed by atoms with van der Waals surface area (Å²) in [6, 6.07) is 21.7. The number of benzene rings is 2. The molecule has 2 rings (SSSR count). The molecule has 0 heterocycles. The van der Waals surface area contributed by atoms with E-state index in [4.69, 9.17) is 4.43 Å². The van der Waals surface area contributed by atoms with E-state index in [1.807, 2.05) is 6.08 Å². The van der Waals surface area contributed by atoms with E-state index in [1.165, 1.54) is 29.6 Å². The van der Waals surface area contributed by atoms with Crippen molar-refractivity contribution in [1.82, 2.24) is 0 Å². The highest BCUT2D eigenvalue weighted by molar-refractivity contribution is 6.99. The Morgan fingerprint density at radius 1 is 0.897 bits per heavy atom. The fraction of sp³-hybridized carbons (Fsp3) is 0.407. The Bertz CT molecular complexity index is 704. The van der Waals surface area contributed by atoms with Crippen molar-refractivity contribution in [3.05, 3.63) is 85.5 Å². The molecule has 0 saturated heterocycles. The molecule has 0 bridgehead atoms. The van der Waals surface area contributed by atoms with Crippen LogP contribution in [0.1, 0.15) is 59.8 Å². The van der Waals surface area contributed by atoms with Gasteiger partial charge in [0.1, 0.15) is 0 Å². The average Bonchev–Trinajstić information content (AvgIpc) is 2.73. The van der Waals surface area contributed by atoms with Gasteiger partial charge in [-0.15, -0.1) is 6.58 Å². The Labute approximate surface area is 179 Å². The first-order valence-corrected chi connectivity index (χ1v) is 12.9. The third-order valence-electron chi connectivity index (χ3n) is 5.52. The summed E-state index contributed by atoms with van der Waals surface area (Å²) >= 11 is 0. The lowest BCUT2D eigenvalue weighted by Crippen LogP contribution is -2.67. The van der Waals surface area contributed by atoms with E-state index in [1.54, 1.807) is 0 Å². The smallest absolute Gasteiger partial charge is 0.261 e. The summed E-state index contributed by atoms with van der Waals surface area (Å²) in [5, 5.41) is 2.62. The molecule has 0 aliphatic carbocycles. The summed E-state index contributed by atoms with van der Waals surface area (Å²) in [4.78, 5) is 0. The Hall–Kier alpha value is -1.90. The van der Waals surface area contributed by atoms with E-state index in [0.717, 1.165) is 12.8 Å². The topological polar surface area (TPSA) is 9.23 Å². The second-order valence-electron chi connectivity index (χ2n) is 8.76. The number of hydrogen-bond donors (Lipinski definition) is 0. The molecule has 0 radical (unpaired) electrons. The zero-order valence-electron chi connectivity index (χ0n) is 18.7. The maximum atomic E-state index is 7.12. The fourth-order valence-corrected chi connectivity index (χ4v) is 8.63. The molecule has 0 fully saturated rings. The number of unbranched alkanes of at least 4 members (excludes halogenated alkanes) is 3. The van der Waals surface area contributed by atoms with E-state index in [0.29, 0.717) is 0 Å². The summed E-state index contributed by atoms with van der Waals surface area (Å²) < 4.78 is 7.12. The van der Waals surface area contributed by atoms with E-state index in [-0.39, 0.29) is 11.1 Å². The highest BCUT2D eigenvalue weighted by Crippen LogP contribution is 2.38. The molecule has 0 unspecified atom stereocenters. The second-order valence-corrected chi connectivity index (χ2v) is 13.0. The van der Waals surface area contributed by atoms with Crippen LogP contribution in [-0.2, 0) is 4.43 Å². The average molecular weight is 407 g/mol. The van der Waals surface area contributed by atoms with Crippen molar-refractivity contribution in [2.75, 3.05) is 0 Å². The lowest BCUT2D eigenvalue weighted by molar-refractivity contribution is 0.236. The standard InChI is InChI=1S/C27H38OSi/c1-6-8-9-10-11-14-19-24(7-2)28-29(27(3,4)5,25-20-15-12-16-21-25)26-22-17-13-18-23-26/h7,11-18,20-24H,2,6,8-10,19H2,1,3-5H3/b14-11-/t24-/m1/s1. The summed E-state index contributed by atoms with van der Waals surface area (Å²) in [6.07, 6.45) is 12.4. The molecule has 0 N–H and O–H groups in total. The number of allylic oxidation sites excluding steroid dienone is 1. The summed E-state index contributed by atoms with van der Waals surface area (Å²) in [7, 11) is -2.52. The van der Waals surface area contributed by atoms with Crippen molar-refractivity contribution in [3.63, 3.8) is 0 Å². The molecule has 0 saturated carbocycles. The molecular formula is C27H38OSi. The molecule has 0 aliphatic rings. The second kappa shape index (κ2) is 11.3. The zero-order valence-corrected chi connectivity index (χ0v) is 19.7. The van der Waals surface area contributed by atoms with Gasteiger partial charge in [-0.25, -0.2) is 0 Å². The summed E-state index contributed by atoms with van der Waals surface area (Å²) in [5.41, 5.74) is 0. The third kappa shape index (κ3) is 6.04. The van der Waals surface area contributed by atoms with Gasteiger partial charge in [0.05, 0.1) is 6.10 Å². The Kier molecular flexibility index (Phi) is 9.13. The SMILES string of the molecule is C=C[C@H](C/C=C\CCCCC)O[Si](c1ccccc1)(c1ccccc1)C(C)(C)C. The largest absolute Gasteiger partial charge is 0.401 e. The molecule has 1 atom stereocenters. The molecular weight excluding hydrogens is 368 g/mol. The lowest BCUT2D eigenvalue weighted by atomic mass is 10.1. The van der Waals surface area contributed by atoms with E-state index >= 15 is 0 Å². The molecule has 1 nitrogen and oxygen atoms in total. The molecule has 2 aromatic carbocycles. The van der Waals surface area contributed by atoms with Crippen LogP contribution in [0.2, 0.25) is 5.04 Å². The quantitative estimate of drug-likeness (QED) is 0.231. The molecule has 0 spiro atoms. The third-order valence-corrected chi connectivity index (χ3v) is 10.6. The highest BCUT2D eigenvalue weighted by atomic mass is 28.4. The van der Waals surface area contributed by atoms with Crippen molar-refractivity contribution < 1.29 is 4.43 Å². The van der Waals surface area contributed by atoms with Gasteiger partial charge in [-0.3, -0.25) is 0 Å². The molecule has 2 heteroatoms. The molecule has 156 valence electrons. The van der Waals surface area contributed by atoms with Crippen molar-refractivity contribution in [2.24, 2.45) is 0 Å². The van der Waals surface area contributed by atoms with Crippen LogP contribution in [0.3, 0.4) is 0 Å². The van der Waals surface area contributed by atoms with Crippen LogP contribution in [0.5, 0.6) is 0 Å². The van der Waals surface area contributed by atoms with Crippen LogP contribution in [-0.4, -0.2) is 14.4 Å². The van der Waals surface area contributed by atoms with Crippen LogP contribution < -0.4 is 10.4 Å². The van der Waals surface area contributed by atoms with Gasteiger partial charge >= 0.3 is 0 Å². The Morgan fingerprint density at radius 3 is 1.90 bits per heavy atom. The number of rotatable bonds is 11. The van der Waals surface area contributed by atoms with Gasteiger partial charge in [0.25, 0.3) is 8.32 Å². The van der Waals surface area contributed by atoms with Crippen molar-refractivity contribution in [3.8, 4) is 0 Å². The fourth-order valence-electron chi connectivity index (χ4n) is 3.97. The van der Waals surface area contributed by atoms with E-state index in [9.17, 15) is 0 Å². The first kappa shape index (κ1) is 23.4. The maximum Gasteiger partial charge on any atom is 0.261 e. The van der Waals surface area contributed by atoms with Gasteiger partial charge in [0, 0.05) is 0 Å². The lowest BCUT2D eigenvalue weighted by Gasteiger charge is -2.44. The van der Waals surface area contributed by atoms with Gasteiger partial charge in [-0.1, -0.05) is 119 Å². The van der Waals surface area contributed by atoms with E-state index < -0.39 is 8.32 Å². The first-order chi connectivity index (χ1) is 14.0. The van der Waals surface area contributed by atoms with Crippen LogP contribution in [0.15, 0.2) is 85.5 Å². The minimum atomic E-state index is -2.52. The predicted molar refractivity (Wildman–Crippen MR) is 131 cm³/mol. The van der Waals surface area contributed by atoms with Crippen LogP contribution >= 0.6 is 0 Å². The van der Waals surface area contributed by atoms with Gasteiger partial charge in [-0.2, -0.15) is 0 Å². The molecule has 0 aliphatic heterocycles. The van der Waals surface area contributed by atoms with Gasteiger partial charge in [0.15, 0.2) is 0 Å². The number of hydrogen-bond acceptors (Lipinski definition) is 1. The van der Waals surface area contributed by atoms with Crippen molar-refractivity contribution in [1.29, 1.82) is 0 Å². The maximum absolute atomic E-state index is 7.12. The Morgan fingerprint density at radius 2 is 1.45 bits per heavy atom. The van der Waals surface area contributed by atoms with Crippen LogP contribution in [0, 0.1) is 0 Å². The van der Waals surface area contributed by atoms with Crippen molar-refractivity contribution in [2.45, 2.75) is 70.9 Å². The highest BCUT2D eigenvalue weighted by Gasteiger charge is 2.51. The predicted octanol–water partition coefficient (Wildman–Crippen LogP) is 6.64. The first-order valence-electron chi connectivity index (χ1n) is 11.0. The van der Waals surface area contributed by atoms with Gasteiger partial charge in [-0.05, 0) is 34.7 Å².